The molecule has 23 heavy (non-hydrogen) atoms. The zero-order valence-corrected chi connectivity index (χ0v) is 14.4. The lowest BCUT2D eigenvalue weighted by atomic mass is 10.2. The molecule has 126 valence electrons. The highest BCUT2D eigenvalue weighted by atomic mass is 32.2. The molecule has 1 N–H and O–H groups in total. The van der Waals surface area contributed by atoms with Crippen molar-refractivity contribution in [3.05, 3.63) is 18.2 Å². The lowest BCUT2D eigenvalue weighted by Gasteiger charge is -2.34. The second kappa shape index (κ2) is 7.93. The summed E-state index contributed by atoms with van der Waals surface area (Å²) < 4.78 is 11.3. The quantitative estimate of drug-likeness (QED) is 0.854. The van der Waals surface area contributed by atoms with Crippen LogP contribution in [0.4, 0.5) is 0 Å². The number of amides is 1. The molecule has 0 saturated carbocycles. The summed E-state index contributed by atoms with van der Waals surface area (Å²) in [6.07, 6.45) is 1.48. The van der Waals surface area contributed by atoms with Gasteiger partial charge < -0.3 is 19.7 Å². The van der Waals surface area contributed by atoms with E-state index >= 15 is 0 Å². The van der Waals surface area contributed by atoms with Gasteiger partial charge in [0.15, 0.2) is 11.5 Å². The highest BCUT2D eigenvalue weighted by Crippen LogP contribution is 2.34. The molecule has 6 heteroatoms. The minimum absolute atomic E-state index is 0.251. The van der Waals surface area contributed by atoms with E-state index in [9.17, 15) is 4.79 Å². The van der Waals surface area contributed by atoms with Crippen molar-refractivity contribution >= 4 is 17.7 Å². The molecule has 0 spiro atoms. The molecule has 0 bridgehead atoms. The van der Waals surface area contributed by atoms with Crippen LogP contribution in [0.2, 0.25) is 0 Å². The number of carbonyl (C=O) groups excluding carboxylic acids is 1. The minimum Gasteiger partial charge on any atom is -0.490 e. The van der Waals surface area contributed by atoms with Gasteiger partial charge in [-0.3, -0.25) is 4.79 Å². The first-order valence-corrected chi connectivity index (χ1v) is 9.25. The standard InChI is InChI=1S/C17H24N2O3S/c1-13-12-18-6-7-19(13)17(20)5-10-23-14-3-4-15-16(11-14)22-9-2-8-21-15/h3-4,11,13,18H,2,5-10,12H2,1H3/t13-/m0/s1. The minimum atomic E-state index is 0.251. The number of ether oxygens (including phenoxy) is 2. The maximum Gasteiger partial charge on any atom is 0.223 e. The van der Waals surface area contributed by atoms with Gasteiger partial charge in [0.25, 0.3) is 0 Å². The van der Waals surface area contributed by atoms with Gasteiger partial charge in [0.2, 0.25) is 5.91 Å². The lowest BCUT2D eigenvalue weighted by molar-refractivity contribution is -0.133. The predicted molar refractivity (Wildman–Crippen MR) is 91.4 cm³/mol. The maximum absolute atomic E-state index is 12.3. The molecule has 1 aromatic rings. The number of carbonyl (C=O) groups is 1. The third-order valence-corrected chi connectivity index (χ3v) is 5.12. The van der Waals surface area contributed by atoms with Crippen molar-refractivity contribution < 1.29 is 14.3 Å². The van der Waals surface area contributed by atoms with E-state index in [1.54, 1.807) is 11.8 Å². The Kier molecular flexibility index (Phi) is 5.67. The molecule has 1 aromatic carbocycles. The molecule has 0 radical (unpaired) electrons. The topological polar surface area (TPSA) is 50.8 Å². The van der Waals surface area contributed by atoms with Crippen molar-refractivity contribution in [3.8, 4) is 11.5 Å². The smallest absolute Gasteiger partial charge is 0.223 e. The van der Waals surface area contributed by atoms with Crippen molar-refractivity contribution in [2.24, 2.45) is 0 Å². The van der Waals surface area contributed by atoms with E-state index in [0.717, 1.165) is 48.2 Å². The molecule has 5 nitrogen and oxygen atoms in total. The Labute approximate surface area is 141 Å². The Morgan fingerprint density at radius 3 is 3.00 bits per heavy atom. The zero-order chi connectivity index (χ0) is 16.1. The lowest BCUT2D eigenvalue weighted by Crippen LogP contribution is -2.52. The van der Waals surface area contributed by atoms with E-state index in [0.29, 0.717) is 25.7 Å². The van der Waals surface area contributed by atoms with E-state index < -0.39 is 0 Å². The van der Waals surface area contributed by atoms with Crippen LogP contribution in [0.3, 0.4) is 0 Å². The predicted octanol–water partition coefficient (Wildman–Crippen LogP) is 2.15. The number of benzene rings is 1. The summed E-state index contributed by atoms with van der Waals surface area (Å²) in [7, 11) is 0. The second-order valence-electron chi connectivity index (χ2n) is 5.90. The van der Waals surface area contributed by atoms with Crippen LogP contribution in [0, 0.1) is 0 Å². The first-order valence-electron chi connectivity index (χ1n) is 8.26. The van der Waals surface area contributed by atoms with Gasteiger partial charge in [-0.1, -0.05) is 0 Å². The number of nitrogens with one attached hydrogen (secondary N) is 1. The molecule has 1 fully saturated rings. The number of rotatable bonds is 4. The van der Waals surface area contributed by atoms with Crippen LogP contribution >= 0.6 is 11.8 Å². The number of piperazine rings is 1. The highest BCUT2D eigenvalue weighted by Gasteiger charge is 2.22. The van der Waals surface area contributed by atoms with Crippen LogP contribution in [-0.4, -0.2) is 55.4 Å². The number of hydrogen-bond acceptors (Lipinski definition) is 5. The summed E-state index contributed by atoms with van der Waals surface area (Å²) in [6, 6.07) is 6.31. The average Bonchev–Trinajstić information content (AvgIpc) is 2.80. The number of fused-ring (bicyclic) bond motifs is 1. The molecule has 0 unspecified atom stereocenters. The van der Waals surface area contributed by atoms with Gasteiger partial charge in [-0.15, -0.1) is 11.8 Å². The van der Waals surface area contributed by atoms with E-state index in [-0.39, 0.29) is 5.91 Å². The monoisotopic (exact) mass is 336 g/mol. The van der Waals surface area contributed by atoms with Crippen molar-refractivity contribution in [2.45, 2.75) is 30.7 Å². The second-order valence-corrected chi connectivity index (χ2v) is 7.07. The van der Waals surface area contributed by atoms with Crippen molar-refractivity contribution in [3.63, 3.8) is 0 Å². The first-order chi connectivity index (χ1) is 11.2. The zero-order valence-electron chi connectivity index (χ0n) is 13.5. The third kappa shape index (κ3) is 4.32. The maximum atomic E-state index is 12.3. The van der Waals surface area contributed by atoms with Crippen LogP contribution in [0.25, 0.3) is 0 Å². The van der Waals surface area contributed by atoms with Crippen LogP contribution in [-0.2, 0) is 4.79 Å². The molecule has 1 atom stereocenters. The summed E-state index contributed by atoms with van der Waals surface area (Å²) in [5.74, 6) is 2.67. The Bertz CT molecular complexity index is 553. The molecule has 2 aliphatic heterocycles. The average molecular weight is 336 g/mol. The Morgan fingerprint density at radius 1 is 1.35 bits per heavy atom. The van der Waals surface area contributed by atoms with Crippen molar-refractivity contribution in [1.82, 2.24) is 10.2 Å². The fourth-order valence-electron chi connectivity index (χ4n) is 2.84. The van der Waals surface area contributed by atoms with E-state index in [4.69, 9.17) is 9.47 Å². The third-order valence-electron chi connectivity index (χ3n) is 4.13. The van der Waals surface area contributed by atoms with E-state index in [1.807, 2.05) is 23.1 Å². The number of hydrogen-bond donors (Lipinski definition) is 1. The van der Waals surface area contributed by atoms with Gasteiger partial charge in [-0.25, -0.2) is 0 Å². The van der Waals surface area contributed by atoms with Gasteiger partial charge in [0.05, 0.1) is 13.2 Å². The van der Waals surface area contributed by atoms with Gasteiger partial charge in [-0.05, 0) is 25.1 Å². The molecule has 2 aliphatic rings. The van der Waals surface area contributed by atoms with Gasteiger partial charge >= 0.3 is 0 Å². The molecule has 2 heterocycles. The summed E-state index contributed by atoms with van der Waals surface area (Å²) in [5, 5.41) is 3.31. The largest absolute Gasteiger partial charge is 0.490 e. The Morgan fingerprint density at radius 2 is 2.17 bits per heavy atom. The summed E-state index contributed by atoms with van der Waals surface area (Å²) >= 11 is 1.69. The molecular formula is C17H24N2O3S. The number of nitrogens with zero attached hydrogens (tertiary/aromatic N) is 1. The highest BCUT2D eigenvalue weighted by molar-refractivity contribution is 7.99. The Hall–Kier alpha value is -1.40. The fourth-order valence-corrected chi connectivity index (χ4v) is 3.71. The number of thioether (sulfide) groups is 1. The molecule has 1 amide bonds. The normalized spacial score (nSPS) is 20.9. The van der Waals surface area contributed by atoms with E-state index in [1.165, 1.54) is 0 Å². The summed E-state index contributed by atoms with van der Waals surface area (Å²) in [5.41, 5.74) is 0. The first kappa shape index (κ1) is 16.5. The summed E-state index contributed by atoms with van der Waals surface area (Å²) in [6.45, 7) is 6.10. The summed E-state index contributed by atoms with van der Waals surface area (Å²) in [4.78, 5) is 15.4. The van der Waals surface area contributed by atoms with Crippen molar-refractivity contribution in [2.75, 3.05) is 38.6 Å². The van der Waals surface area contributed by atoms with Gasteiger partial charge in [-0.2, -0.15) is 0 Å². The fraction of sp³-hybridized carbons (Fsp3) is 0.588. The van der Waals surface area contributed by atoms with Gasteiger partial charge in [0, 0.05) is 49.2 Å². The van der Waals surface area contributed by atoms with Crippen LogP contribution in [0.15, 0.2) is 23.1 Å². The van der Waals surface area contributed by atoms with Gasteiger partial charge in [0.1, 0.15) is 0 Å². The van der Waals surface area contributed by atoms with Crippen LogP contribution in [0.5, 0.6) is 11.5 Å². The van der Waals surface area contributed by atoms with Crippen molar-refractivity contribution in [1.29, 1.82) is 0 Å². The molecule has 1 saturated heterocycles. The molecule has 3 rings (SSSR count). The van der Waals surface area contributed by atoms with E-state index in [2.05, 4.69) is 12.2 Å². The SMILES string of the molecule is C[C@H]1CNCCN1C(=O)CCSc1ccc2c(c1)OCCCO2. The van der Waals surface area contributed by atoms with Crippen LogP contribution in [0.1, 0.15) is 19.8 Å². The van der Waals surface area contributed by atoms with Crippen LogP contribution < -0.4 is 14.8 Å². The molecule has 0 aromatic heterocycles. The molecular weight excluding hydrogens is 312 g/mol. The molecule has 0 aliphatic carbocycles. The Balaban J connectivity index is 1.50.